The van der Waals surface area contributed by atoms with Crippen molar-refractivity contribution < 1.29 is 24.1 Å². The predicted octanol–water partition coefficient (Wildman–Crippen LogP) is 4.66. The largest absolute Gasteiger partial charge is 0.494 e. The molecule has 0 bridgehead atoms. The molecule has 2 aliphatic heterocycles. The van der Waals surface area contributed by atoms with E-state index in [9.17, 15) is 24.6 Å². The topological polar surface area (TPSA) is 122 Å². The fourth-order valence-electron chi connectivity index (χ4n) is 4.01. The summed E-state index contributed by atoms with van der Waals surface area (Å²) in [5.41, 5.74) is 0.000756. The zero-order valence-electron chi connectivity index (χ0n) is 21.2. The molecule has 2 aromatic rings. The first-order valence-electron chi connectivity index (χ1n) is 12.7. The number of non-ortho nitro benzene ring substituents is 2. The smallest absolute Gasteiger partial charge is 0.269 e. The summed E-state index contributed by atoms with van der Waals surface area (Å²) in [6.07, 6.45) is 7.26. The third-order valence-electron chi connectivity index (χ3n) is 6.00. The van der Waals surface area contributed by atoms with Crippen molar-refractivity contribution in [2.75, 3.05) is 52.5 Å². The highest BCUT2D eigenvalue weighted by Gasteiger charge is 2.11. The number of aliphatic hydroxyl groups is 1. The number of aliphatic hydroxyl groups excluding tert-OH is 1. The summed E-state index contributed by atoms with van der Waals surface area (Å²) in [6, 6.07) is 10.6. The van der Waals surface area contributed by atoms with Gasteiger partial charge in [-0.1, -0.05) is 0 Å². The second-order valence-corrected chi connectivity index (χ2v) is 8.86. The van der Waals surface area contributed by atoms with Gasteiger partial charge in [0.25, 0.3) is 11.4 Å². The van der Waals surface area contributed by atoms with Gasteiger partial charge in [0.1, 0.15) is 11.6 Å². The van der Waals surface area contributed by atoms with Crippen LogP contribution in [0.25, 0.3) is 0 Å². The minimum Gasteiger partial charge on any atom is -0.494 e. The van der Waals surface area contributed by atoms with Crippen molar-refractivity contribution in [3.63, 3.8) is 0 Å². The van der Waals surface area contributed by atoms with Gasteiger partial charge in [-0.3, -0.25) is 20.2 Å². The molecule has 4 rings (SSSR count). The second kappa shape index (κ2) is 17.3. The van der Waals surface area contributed by atoms with E-state index in [0.29, 0.717) is 19.0 Å². The lowest BCUT2D eigenvalue weighted by atomic mass is 10.3. The molecule has 10 nitrogen and oxygen atoms in total. The lowest BCUT2D eigenvalue weighted by Crippen LogP contribution is -2.21. The average molecular weight is 521 g/mol. The summed E-state index contributed by atoms with van der Waals surface area (Å²) in [6.45, 7) is 8.09. The van der Waals surface area contributed by atoms with E-state index < -0.39 is 15.7 Å². The van der Waals surface area contributed by atoms with Gasteiger partial charge in [-0.2, -0.15) is 0 Å². The summed E-state index contributed by atoms with van der Waals surface area (Å²) in [5.74, 6) is 0.229. The Hall–Kier alpha value is -3.15. The van der Waals surface area contributed by atoms with Crippen molar-refractivity contribution in [3.8, 4) is 5.75 Å². The van der Waals surface area contributed by atoms with E-state index in [1.54, 1.807) is 12.1 Å². The van der Waals surface area contributed by atoms with Gasteiger partial charge < -0.3 is 19.6 Å². The maximum absolute atomic E-state index is 12.1. The molecule has 1 N–H and O–H groups in total. The molecule has 2 saturated heterocycles. The Bertz CT molecular complexity index is 918. The van der Waals surface area contributed by atoms with Gasteiger partial charge in [0.05, 0.1) is 16.5 Å². The first-order valence-corrected chi connectivity index (χ1v) is 12.7. The fourth-order valence-corrected chi connectivity index (χ4v) is 4.01. The van der Waals surface area contributed by atoms with Gasteiger partial charge in [-0.05, 0) is 89.0 Å². The quantitative estimate of drug-likeness (QED) is 0.273. The zero-order chi connectivity index (χ0) is 26.9. The number of hydrogen-bond acceptors (Lipinski definition) is 8. The van der Waals surface area contributed by atoms with Gasteiger partial charge in [0.2, 0.25) is 0 Å². The predicted molar refractivity (Wildman–Crippen MR) is 139 cm³/mol. The van der Waals surface area contributed by atoms with Crippen molar-refractivity contribution >= 4 is 11.4 Å². The highest BCUT2D eigenvalue weighted by molar-refractivity contribution is 5.35. The molecule has 2 heterocycles. The summed E-state index contributed by atoms with van der Waals surface area (Å²) in [4.78, 5) is 24.4. The van der Waals surface area contributed by atoms with Crippen LogP contribution in [-0.4, -0.2) is 77.2 Å². The third kappa shape index (κ3) is 12.6. The number of likely N-dealkylation sites (tertiary alicyclic amines) is 2. The van der Waals surface area contributed by atoms with Gasteiger partial charge in [0, 0.05) is 44.0 Å². The number of nitro groups is 2. The Morgan fingerprint density at radius 2 is 1.19 bits per heavy atom. The van der Waals surface area contributed by atoms with E-state index in [1.165, 1.54) is 64.0 Å². The minimum absolute atomic E-state index is 0.0959. The number of nitrogens with zero attached hydrogens (tertiary/aromatic N) is 4. The van der Waals surface area contributed by atoms with Crippen molar-refractivity contribution in [2.45, 2.75) is 38.5 Å². The van der Waals surface area contributed by atoms with Crippen LogP contribution in [0.2, 0.25) is 0 Å². The number of ether oxygens (including phenoxy) is 1. The number of benzene rings is 2. The molecule has 0 saturated carbocycles. The summed E-state index contributed by atoms with van der Waals surface area (Å²) >= 11 is 0. The van der Waals surface area contributed by atoms with Crippen molar-refractivity contribution in [3.05, 3.63) is 74.6 Å². The summed E-state index contributed by atoms with van der Waals surface area (Å²) in [5, 5.41) is 29.0. The van der Waals surface area contributed by atoms with E-state index in [4.69, 9.17) is 9.84 Å². The van der Waals surface area contributed by atoms with Crippen LogP contribution in [-0.2, 0) is 0 Å². The average Bonchev–Trinajstić information content (AvgIpc) is 3.61. The van der Waals surface area contributed by atoms with E-state index in [2.05, 4.69) is 9.80 Å². The highest BCUT2D eigenvalue weighted by atomic mass is 19.1. The summed E-state index contributed by atoms with van der Waals surface area (Å²) in [7, 11) is 0. The number of nitro benzene ring substituents is 2. The Morgan fingerprint density at radius 1 is 0.757 bits per heavy atom. The molecule has 0 radical (unpaired) electrons. The van der Waals surface area contributed by atoms with Crippen LogP contribution < -0.4 is 4.74 Å². The number of hydrogen-bond donors (Lipinski definition) is 1. The van der Waals surface area contributed by atoms with E-state index in [0.717, 1.165) is 50.2 Å². The molecule has 0 aliphatic carbocycles. The number of rotatable bonds is 10. The van der Waals surface area contributed by atoms with Crippen LogP contribution in [0.4, 0.5) is 15.8 Å². The van der Waals surface area contributed by atoms with E-state index >= 15 is 0 Å². The first kappa shape index (κ1) is 30.1. The molecule has 37 heavy (non-hydrogen) atoms. The Kier molecular flexibility index (Phi) is 14.1. The molecule has 2 aromatic carbocycles. The zero-order valence-corrected chi connectivity index (χ0v) is 21.2. The van der Waals surface area contributed by atoms with Crippen LogP contribution in [0.1, 0.15) is 38.5 Å². The van der Waals surface area contributed by atoms with Crippen LogP contribution >= 0.6 is 0 Å². The monoisotopic (exact) mass is 520 g/mol. The molecule has 2 aliphatic rings. The number of halogens is 1. The van der Waals surface area contributed by atoms with E-state index in [-0.39, 0.29) is 11.4 Å². The van der Waals surface area contributed by atoms with Gasteiger partial charge in [0.15, 0.2) is 0 Å². The van der Waals surface area contributed by atoms with Crippen LogP contribution in [0.5, 0.6) is 5.75 Å². The Morgan fingerprint density at radius 3 is 1.62 bits per heavy atom. The molecule has 0 aromatic heterocycles. The fraction of sp³-hybridized carbons (Fsp3) is 0.538. The molecular formula is C26H37FN4O6. The highest BCUT2D eigenvalue weighted by Crippen LogP contribution is 2.17. The van der Waals surface area contributed by atoms with Gasteiger partial charge >= 0.3 is 0 Å². The lowest BCUT2D eigenvalue weighted by Gasteiger charge is -2.14. The molecule has 204 valence electrons. The third-order valence-corrected chi connectivity index (χ3v) is 6.00. The van der Waals surface area contributed by atoms with Crippen LogP contribution in [0.3, 0.4) is 0 Å². The molecule has 0 spiro atoms. The molecular weight excluding hydrogens is 483 g/mol. The molecule has 0 atom stereocenters. The van der Waals surface area contributed by atoms with Crippen molar-refractivity contribution in [2.24, 2.45) is 0 Å². The Balaban J connectivity index is 0.000000214. The standard InChI is InChI=1S/C13H18N2O3.C7H15NO.C6H4FNO2/c16-15(17)12-4-6-13(7-5-12)18-11-3-10-14-8-1-2-9-14;9-7-3-6-8-4-1-2-5-8;7-5-1-3-6(4-2-5)8(9)10/h4-7H,1-3,8-11H2;9H,1-7H2;1-4H. The molecule has 0 unspecified atom stereocenters. The molecule has 2 fully saturated rings. The van der Waals surface area contributed by atoms with Crippen LogP contribution in [0.15, 0.2) is 48.5 Å². The second-order valence-electron chi connectivity index (χ2n) is 8.86. The van der Waals surface area contributed by atoms with Gasteiger partial charge in [-0.25, -0.2) is 4.39 Å². The van der Waals surface area contributed by atoms with Crippen molar-refractivity contribution in [1.82, 2.24) is 9.80 Å². The maximum Gasteiger partial charge on any atom is 0.269 e. The molecule has 11 heteroatoms. The van der Waals surface area contributed by atoms with Crippen molar-refractivity contribution in [1.29, 1.82) is 0 Å². The lowest BCUT2D eigenvalue weighted by molar-refractivity contribution is -0.385. The molecule has 0 amide bonds. The minimum atomic E-state index is -0.570. The Labute approximate surface area is 216 Å². The maximum atomic E-state index is 12.1. The first-order chi connectivity index (χ1) is 17.9. The van der Waals surface area contributed by atoms with E-state index in [1.807, 2.05) is 0 Å². The van der Waals surface area contributed by atoms with Gasteiger partial charge in [-0.15, -0.1) is 0 Å². The summed E-state index contributed by atoms with van der Waals surface area (Å²) < 4.78 is 17.7. The normalized spacial score (nSPS) is 15.3. The SMILES string of the molecule is O=[N+]([O-])c1ccc(F)cc1.O=[N+]([O-])c1ccc(OCCCN2CCCC2)cc1.OCCCN1CCCC1. The van der Waals surface area contributed by atoms with Crippen LogP contribution in [0, 0.1) is 26.0 Å².